The van der Waals surface area contributed by atoms with E-state index in [2.05, 4.69) is 0 Å². The van der Waals surface area contributed by atoms with Gasteiger partial charge in [-0.25, -0.2) is 0 Å². The van der Waals surface area contributed by atoms with Crippen LogP contribution in [0, 0.1) is 0 Å². The van der Waals surface area contributed by atoms with E-state index in [-0.39, 0.29) is 12.8 Å². The van der Waals surface area contributed by atoms with Crippen LogP contribution < -0.4 is 9.47 Å². The normalized spacial score (nSPS) is 11.9. The SMILES string of the molecule is CCOc1ccc([C@@H](O)CCC(=O)O)cc1OCC. The summed E-state index contributed by atoms with van der Waals surface area (Å²) in [6, 6.07) is 5.15. The highest BCUT2D eigenvalue weighted by Gasteiger charge is 2.13. The van der Waals surface area contributed by atoms with E-state index in [4.69, 9.17) is 14.6 Å². The van der Waals surface area contributed by atoms with Crippen molar-refractivity contribution in [1.82, 2.24) is 0 Å². The molecule has 0 fully saturated rings. The van der Waals surface area contributed by atoms with Crippen LogP contribution in [0.3, 0.4) is 0 Å². The Morgan fingerprint density at radius 2 is 1.84 bits per heavy atom. The zero-order valence-electron chi connectivity index (χ0n) is 11.3. The lowest BCUT2D eigenvalue weighted by Gasteiger charge is -2.15. The first-order valence-corrected chi connectivity index (χ1v) is 6.37. The average molecular weight is 268 g/mol. The number of hydrogen-bond acceptors (Lipinski definition) is 4. The minimum atomic E-state index is -0.921. The summed E-state index contributed by atoms with van der Waals surface area (Å²) in [6.45, 7) is 4.77. The predicted octanol–water partition coefficient (Wildman–Crippen LogP) is 2.38. The summed E-state index contributed by atoms with van der Waals surface area (Å²) in [7, 11) is 0. The van der Waals surface area contributed by atoms with Crippen LogP contribution in [0.1, 0.15) is 38.4 Å². The van der Waals surface area contributed by atoms with E-state index in [1.54, 1.807) is 18.2 Å². The van der Waals surface area contributed by atoms with Crippen molar-refractivity contribution in [2.45, 2.75) is 32.8 Å². The third-order valence-corrected chi connectivity index (χ3v) is 2.58. The smallest absolute Gasteiger partial charge is 0.303 e. The topological polar surface area (TPSA) is 76.0 Å². The average Bonchev–Trinajstić information content (AvgIpc) is 2.38. The fraction of sp³-hybridized carbons (Fsp3) is 0.500. The minimum absolute atomic E-state index is 0.0711. The van der Waals surface area contributed by atoms with Crippen molar-refractivity contribution in [2.75, 3.05) is 13.2 Å². The lowest BCUT2D eigenvalue weighted by molar-refractivity contribution is -0.137. The van der Waals surface area contributed by atoms with Crippen LogP contribution in [0.2, 0.25) is 0 Å². The van der Waals surface area contributed by atoms with Gasteiger partial charge < -0.3 is 19.7 Å². The Hall–Kier alpha value is -1.75. The number of ether oxygens (including phenoxy) is 2. The maximum atomic E-state index is 10.5. The molecule has 0 aromatic heterocycles. The first kappa shape index (κ1) is 15.3. The molecule has 106 valence electrons. The van der Waals surface area contributed by atoms with E-state index in [0.29, 0.717) is 30.3 Å². The molecule has 0 aliphatic carbocycles. The van der Waals surface area contributed by atoms with Crippen molar-refractivity contribution in [1.29, 1.82) is 0 Å². The highest BCUT2D eigenvalue weighted by atomic mass is 16.5. The Morgan fingerprint density at radius 3 is 2.42 bits per heavy atom. The van der Waals surface area contributed by atoms with Gasteiger partial charge in [0.1, 0.15) is 0 Å². The third-order valence-electron chi connectivity index (χ3n) is 2.58. The summed E-state index contributed by atoms with van der Waals surface area (Å²) in [4.78, 5) is 10.5. The van der Waals surface area contributed by atoms with Gasteiger partial charge in [0.25, 0.3) is 0 Å². The molecule has 1 rings (SSSR count). The van der Waals surface area contributed by atoms with Gasteiger partial charge >= 0.3 is 5.97 Å². The molecule has 0 unspecified atom stereocenters. The van der Waals surface area contributed by atoms with Crippen LogP contribution in [0.15, 0.2) is 18.2 Å². The molecular weight excluding hydrogens is 248 g/mol. The van der Waals surface area contributed by atoms with Crippen molar-refractivity contribution in [3.05, 3.63) is 23.8 Å². The lowest BCUT2D eigenvalue weighted by atomic mass is 10.0. The Morgan fingerprint density at radius 1 is 1.21 bits per heavy atom. The first-order valence-electron chi connectivity index (χ1n) is 6.37. The summed E-state index contributed by atoms with van der Waals surface area (Å²) >= 11 is 0. The molecule has 1 atom stereocenters. The third kappa shape index (κ3) is 4.79. The van der Waals surface area contributed by atoms with E-state index >= 15 is 0 Å². The van der Waals surface area contributed by atoms with Crippen molar-refractivity contribution in [3.8, 4) is 11.5 Å². The van der Waals surface area contributed by atoms with Crippen LogP contribution in [0.5, 0.6) is 11.5 Å². The molecule has 0 saturated carbocycles. The second kappa shape index (κ2) is 7.63. The standard InChI is InChI=1S/C14H20O5/c1-3-18-12-7-5-10(9-13(12)19-4-2)11(15)6-8-14(16)17/h5,7,9,11,15H,3-4,6,8H2,1-2H3,(H,16,17)/t11-/m0/s1. The molecule has 0 heterocycles. The molecule has 2 N–H and O–H groups in total. The van der Waals surface area contributed by atoms with Crippen LogP contribution >= 0.6 is 0 Å². The monoisotopic (exact) mass is 268 g/mol. The predicted molar refractivity (Wildman–Crippen MR) is 70.6 cm³/mol. The van der Waals surface area contributed by atoms with Crippen molar-refractivity contribution >= 4 is 5.97 Å². The molecule has 0 aliphatic rings. The van der Waals surface area contributed by atoms with Gasteiger partial charge in [0.05, 0.1) is 19.3 Å². The maximum Gasteiger partial charge on any atom is 0.303 e. The molecule has 0 spiro atoms. The zero-order valence-corrected chi connectivity index (χ0v) is 11.3. The second-order valence-corrected chi connectivity index (χ2v) is 4.02. The Balaban J connectivity index is 2.84. The molecule has 19 heavy (non-hydrogen) atoms. The van der Waals surface area contributed by atoms with E-state index in [1.807, 2.05) is 13.8 Å². The number of carboxylic acids is 1. The Bertz CT molecular complexity index is 416. The number of aliphatic carboxylic acids is 1. The minimum Gasteiger partial charge on any atom is -0.490 e. The van der Waals surface area contributed by atoms with Gasteiger partial charge in [0, 0.05) is 6.42 Å². The van der Waals surface area contributed by atoms with Gasteiger partial charge in [-0.15, -0.1) is 0 Å². The van der Waals surface area contributed by atoms with Crippen LogP contribution in [-0.2, 0) is 4.79 Å². The fourth-order valence-electron chi connectivity index (χ4n) is 1.70. The molecule has 0 aliphatic heterocycles. The largest absolute Gasteiger partial charge is 0.490 e. The molecule has 1 aromatic rings. The number of aliphatic hydroxyl groups excluding tert-OH is 1. The molecule has 0 saturated heterocycles. The van der Waals surface area contributed by atoms with Gasteiger partial charge in [0.15, 0.2) is 11.5 Å². The highest BCUT2D eigenvalue weighted by molar-refractivity contribution is 5.66. The number of hydrogen-bond donors (Lipinski definition) is 2. The molecule has 5 nitrogen and oxygen atoms in total. The van der Waals surface area contributed by atoms with E-state index < -0.39 is 12.1 Å². The molecule has 0 amide bonds. The highest BCUT2D eigenvalue weighted by Crippen LogP contribution is 2.31. The summed E-state index contributed by atoms with van der Waals surface area (Å²) in [6.07, 6.45) is -0.710. The van der Waals surface area contributed by atoms with E-state index in [0.717, 1.165) is 0 Å². The lowest BCUT2D eigenvalue weighted by Crippen LogP contribution is -2.04. The molecule has 5 heteroatoms. The molecule has 1 aromatic carbocycles. The number of carbonyl (C=O) groups is 1. The van der Waals surface area contributed by atoms with Crippen LogP contribution in [0.4, 0.5) is 0 Å². The van der Waals surface area contributed by atoms with Crippen LogP contribution in [-0.4, -0.2) is 29.4 Å². The number of benzene rings is 1. The quantitative estimate of drug-likeness (QED) is 0.757. The van der Waals surface area contributed by atoms with Crippen LogP contribution in [0.25, 0.3) is 0 Å². The van der Waals surface area contributed by atoms with Gasteiger partial charge in [-0.2, -0.15) is 0 Å². The molecule has 0 bridgehead atoms. The zero-order chi connectivity index (χ0) is 14.3. The number of aliphatic hydroxyl groups is 1. The number of carboxylic acid groups (broad SMARTS) is 1. The van der Waals surface area contributed by atoms with Crippen molar-refractivity contribution < 1.29 is 24.5 Å². The molecule has 0 radical (unpaired) electrons. The van der Waals surface area contributed by atoms with Crippen molar-refractivity contribution in [2.24, 2.45) is 0 Å². The molecular formula is C14H20O5. The second-order valence-electron chi connectivity index (χ2n) is 4.02. The summed E-state index contributed by atoms with van der Waals surface area (Å²) in [5.41, 5.74) is 0.633. The Kier molecular flexibility index (Phi) is 6.15. The van der Waals surface area contributed by atoms with E-state index in [9.17, 15) is 9.90 Å². The summed E-state index contributed by atoms with van der Waals surface area (Å²) in [5, 5.41) is 18.5. The van der Waals surface area contributed by atoms with Gasteiger partial charge in [-0.05, 0) is 38.0 Å². The fourth-order valence-corrected chi connectivity index (χ4v) is 1.70. The van der Waals surface area contributed by atoms with Crippen molar-refractivity contribution in [3.63, 3.8) is 0 Å². The van der Waals surface area contributed by atoms with E-state index in [1.165, 1.54) is 0 Å². The maximum absolute atomic E-state index is 10.5. The summed E-state index contributed by atoms with van der Waals surface area (Å²) in [5.74, 6) is 0.268. The Labute approximate surface area is 112 Å². The summed E-state index contributed by atoms with van der Waals surface area (Å²) < 4.78 is 10.9. The first-order chi connectivity index (χ1) is 9.08. The van der Waals surface area contributed by atoms with Gasteiger partial charge in [0.2, 0.25) is 0 Å². The van der Waals surface area contributed by atoms with Gasteiger partial charge in [-0.1, -0.05) is 6.07 Å². The number of rotatable bonds is 8. The van der Waals surface area contributed by atoms with Gasteiger partial charge in [-0.3, -0.25) is 4.79 Å².